The van der Waals surface area contributed by atoms with Crippen LogP contribution in [0.3, 0.4) is 0 Å². The Labute approximate surface area is 160 Å². The number of anilines is 2. The van der Waals surface area contributed by atoms with Crippen LogP contribution in [-0.4, -0.2) is 24.0 Å². The summed E-state index contributed by atoms with van der Waals surface area (Å²) in [6, 6.07) is 16.8. The predicted octanol–water partition coefficient (Wildman–Crippen LogP) is 3.93. The van der Waals surface area contributed by atoms with Crippen LogP contribution in [0.4, 0.5) is 11.4 Å². The molecule has 2 aromatic rings. The van der Waals surface area contributed by atoms with E-state index in [-0.39, 0.29) is 17.9 Å². The molecule has 2 saturated heterocycles. The van der Waals surface area contributed by atoms with Crippen molar-refractivity contribution in [1.29, 1.82) is 0 Å². The van der Waals surface area contributed by atoms with E-state index in [0.717, 1.165) is 18.5 Å². The van der Waals surface area contributed by atoms with Gasteiger partial charge in [0.15, 0.2) is 6.10 Å². The van der Waals surface area contributed by atoms with Gasteiger partial charge in [0, 0.05) is 4.47 Å². The number of halogens is 1. The molecule has 6 heteroatoms. The summed E-state index contributed by atoms with van der Waals surface area (Å²) in [7, 11) is 0. The summed E-state index contributed by atoms with van der Waals surface area (Å²) in [5.74, 6) is -0.982. The molecular formula is C20H19BrN2O3. The van der Waals surface area contributed by atoms with Gasteiger partial charge in [0.25, 0.3) is 5.91 Å². The SMILES string of the molecule is CCC[C@@H]1[C@@H]2C(=O)N(c3ccccc3Br)C(=O)[C@@H]2ON1c1ccccc1. The zero-order valence-electron chi connectivity index (χ0n) is 14.3. The van der Waals surface area contributed by atoms with Crippen molar-refractivity contribution in [3.05, 3.63) is 59.1 Å². The van der Waals surface area contributed by atoms with Crippen LogP contribution in [0, 0.1) is 5.92 Å². The quantitative estimate of drug-likeness (QED) is 0.711. The van der Waals surface area contributed by atoms with Crippen molar-refractivity contribution in [2.75, 3.05) is 9.96 Å². The van der Waals surface area contributed by atoms with Crippen LogP contribution in [0.15, 0.2) is 59.1 Å². The Balaban J connectivity index is 1.70. The fraction of sp³-hybridized carbons (Fsp3) is 0.300. The van der Waals surface area contributed by atoms with Crippen LogP contribution >= 0.6 is 15.9 Å². The molecule has 26 heavy (non-hydrogen) atoms. The zero-order valence-corrected chi connectivity index (χ0v) is 15.9. The molecule has 2 aliphatic heterocycles. The summed E-state index contributed by atoms with van der Waals surface area (Å²) in [6.07, 6.45) is 0.905. The average molecular weight is 415 g/mol. The van der Waals surface area contributed by atoms with Crippen LogP contribution < -0.4 is 9.96 Å². The first kappa shape index (κ1) is 17.2. The Morgan fingerprint density at radius 2 is 1.69 bits per heavy atom. The van der Waals surface area contributed by atoms with Crippen molar-refractivity contribution in [2.45, 2.75) is 31.9 Å². The molecule has 0 saturated carbocycles. The molecule has 2 amide bonds. The Morgan fingerprint density at radius 1 is 1.00 bits per heavy atom. The molecule has 0 N–H and O–H groups in total. The summed E-state index contributed by atoms with van der Waals surface area (Å²) in [6.45, 7) is 2.07. The molecule has 0 radical (unpaired) electrons. The normalized spacial score (nSPS) is 25.1. The minimum atomic E-state index is -0.772. The lowest BCUT2D eigenvalue weighted by molar-refractivity contribution is -0.126. The minimum Gasteiger partial charge on any atom is -0.273 e. The molecule has 5 nitrogen and oxygen atoms in total. The number of carbonyl (C=O) groups is 2. The molecule has 0 spiro atoms. The number of rotatable bonds is 4. The summed E-state index contributed by atoms with van der Waals surface area (Å²) in [5, 5.41) is 1.76. The maximum atomic E-state index is 13.2. The number of nitrogens with zero attached hydrogens (tertiary/aromatic N) is 2. The Kier molecular flexibility index (Phi) is 4.54. The van der Waals surface area contributed by atoms with Gasteiger partial charge >= 0.3 is 0 Å². The lowest BCUT2D eigenvalue weighted by atomic mass is 9.93. The van der Waals surface area contributed by atoms with E-state index < -0.39 is 12.0 Å². The Morgan fingerprint density at radius 3 is 2.38 bits per heavy atom. The van der Waals surface area contributed by atoms with E-state index in [1.165, 1.54) is 4.90 Å². The van der Waals surface area contributed by atoms with Gasteiger partial charge in [-0.2, -0.15) is 0 Å². The molecule has 134 valence electrons. The highest BCUT2D eigenvalue weighted by molar-refractivity contribution is 9.10. The first-order valence-electron chi connectivity index (χ1n) is 8.77. The monoisotopic (exact) mass is 414 g/mol. The van der Waals surface area contributed by atoms with Crippen molar-refractivity contribution in [1.82, 2.24) is 0 Å². The summed E-state index contributed by atoms with van der Waals surface area (Å²) in [4.78, 5) is 33.5. The first-order chi connectivity index (χ1) is 12.6. The van der Waals surface area contributed by atoms with E-state index in [1.54, 1.807) is 11.1 Å². The second kappa shape index (κ2) is 6.85. The zero-order chi connectivity index (χ0) is 18.3. The summed E-state index contributed by atoms with van der Waals surface area (Å²) in [5.41, 5.74) is 1.44. The smallest absolute Gasteiger partial charge is 0.266 e. The third-order valence-electron chi connectivity index (χ3n) is 4.93. The minimum absolute atomic E-state index is 0.156. The molecule has 2 heterocycles. The number of hydrogen-bond donors (Lipinski definition) is 0. The highest BCUT2D eigenvalue weighted by atomic mass is 79.9. The van der Waals surface area contributed by atoms with Gasteiger partial charge in [0.1, 0.15) is 0 Å². The highest BCUT2D eigenvalue weighted by Gasteiger charge is 2.59. The van der Waals surface area contributed by atoms with E-state index in [2.05, 4.69) is 22.9 Å². The average Bonchev–Trinajstić information content (AvgIpc) is 3.14. The van der Waals surface area contributed by atoms with Crippen LogP contribution in [0.5, 0.6) is 0 Å². The number of amides is 2. The Bertz CT molecular complexity index is 842. The van der Waals surface area contributed by atoms with Gasteiger partial charge in [0.05, 0.1) is 23.3 Å². The molecule has 2 aliphatic rings. The lowest BCUT2D eigenvalue weighted by Gasteiger charge is -2.28. The van der Waals surface area contributed by atoms with E-state index in [1.807, 2.05) is 48.5 Å². The lowest BCUT2D eigenvalue weighted by Crippen LogP contribution is -2.40. The van der Waals surface area contributed by atoms with Crippen LogP contribution in [-0.2, 0) is 14.4 Å². The number of benzene rings is 2. The van der Waals surface area contributed by atoms with Crippen molar-refractivity contribution in [3.63, 3.8) is 0 Å². The molecule has 0 bridgehead atoms. The largest absolute Gasteiger partial charge is 0.273 e. The van der Waals surface area contributed by atoms with Crippen molar-refractivity contribution in [2.24, 2.45) is 5.92 Å². The molecular weight excluding hydrogens is 396 g/mol. The van der Waals surface area contributed by atoms with Crippen LogP contribution in [0.1, 0.15) is 19.8 Å². The maximum absolute atomic E-state index is 13.2. The fourth-order valence-electron chi connectivity index (χ4n) is 3.78. The van der Waals surface area contributed by atoms with Gasteiger partial charge in [-0.25, -0.2) is 9.96 Å². The number of imide groups is 1. The highest BCUT2D eigenvalue weighted by Crippen LogP contribution is 2.42. The van der Waals surface area contributed by atoms with Gasteiger partial charge in [-0.1, -0.05) is 43.7 Å². The van der Waals surface area contributed by atoms with E-state index in [4.69, 9.17) is 4.84 Å². The second-order valence-electron chi connectivity index (χ2n) is 6.53. The van der Waals surface area contributed by atoms with E-state index in [9.17, 15) is 9.59 Å². The summed E-state index contributed by atoms with van der Waals surface area (Å²) < 4.78 is 0.716. The standard InChI is InChI=1S/C20H19BrN2O3/c1-2-8-16-17-18(26-23(16)13-9-4-3-5-10-13)20(25)22(19(17)24)15-12-7-6-11-14(15)21/h3-7,9-12,16-18H,2,8H2,1H3/t16-,17+,18-/m1/s1. The molecule has 4 rings (SSSR count). The number of hydroxylamine groups is 1. The molecule has 2 aromatic carbocycles. The number of carbonyl (C=O) groups excluding carboxylic acids is 2. The van der Waals surface area contributed by atoms with Gasteiger partial charge in [-0.05, 0) is 46.6 Å². The molecule has 2 fully saturated rings. The fourth-order valence-corrected chi connectivity index (χ4v) is 4.24. The first-order valence-corrected chi connectivity index (χ1v) is 9.56. The third-order valence-corrected chi connectivity index (χ3v) is 5.60. The van der Waals surface area contributed by atoms with Crippen molar-refractivity contribution < 1.29 is 14.4 Å². The number of para-hydroxylation sites is 2. The second-order valence-corrected chi connectivity index (χ2v) is 7.39. The topological polar surface area (TPSA) is 49.9 Å². The van der Waals surface area contributed by atoms with Gasteiger partial charge in [0.2, 0.25) is 5.91 Å². The summed E-state index contributed by atoms with van der Waals surface area (Å²) >= 11 is 3.44. The maximum Gasteiger partial charge on any atom is 0.266 e. The molecule has 0 aromatic heterocycles. The van der Waals surface area contributed by atoms with Gasteiger partial charge < -0.3 is 0 Å². The number of hydrogen-bond acceptors (Lipinski definition) is 4. The van der Waals surface area contributed by atoms with Crippen LogP contribution in [0.25, 0.3) is 0 Å². The van der Waals surface area contributed by atoms with Crippen LogP contribution in [0.2, 0.25) is 0 Å². The van der Waals surface area contributed by atoms with Crippen molar-refractivity contribution >= 4 is 39.1 Å². The predicted molar refractivity (Wildman–Crippen MR) is 103 cm³/mol. The van der Waals surface area contributed by atoms with Crippen molar-refractivity contribution in [3.8, 4) is 0 Å². The Hall–Kier alpha value is -2.18. The molecule has 0 unspecified atom stereocenters. The van der Waals surface area contributed by atoms with Gasteiger partial charge in [-0.15, -0.1) is 0 Å². The third kappa shape index (κ3) is 2.64. The van der Waals surface area contributed by atoms with Gasteiger partial charge in [-0.3, -0.25) is 14.4 Å². The molecule has 3 atom stereocenters. The van der Waals surface area contributed by atoms with E-state index >= 15 is 0 Å². The number of fused-ring (bicyclic) bond motifs is 1. The molecule has 0 aliphatic carbocycles. The van der Waals surface area contributed by atoms with E-state index in [0.29, 0.717) is 10.2 Å².